The number of nitrogens with zero attached hydrogens (tertiary/aromatic N) is 4. The topological polar surface area (TPSA) is 172 Å². The zero-order valence-electron chi connectivity index (χ0n) is 17.2. The van der Waals surface area contributed by atoms with Gasteiger partial charge in [0.15, 0.2) is 23.2 Å². The number of anilines is 1. The van der Waals surface area contributed by atoms with Crippen molar-refractivity contribution >= 4 is 36.2 Å². The molecule has 3 heterocycles. The fourth-order valence-electron chi connectivity index (χ4n) is 3.46. The van der Waals surface area contributed by atoms with Crippen molar-refractivity contribution in [2.24, 2.45) is 0 Å². The highest BCUT2D eigenvalue weighted by Gasteiger charge is 2.44. The number of rotatable bonds is 9. The van der Waals surface area contributed by atoms with Crippen LogP contribution in [0.2, 0.25) is 5.28 Å². The SMILES string of the molecule is O=P(O)(O)CCOC[C@H]1O[C@@H](n2cnc3c(NCc4ccccc4)nc(Cl)nc32)[C@H](O)[C@@H]1O. The van der Waals surface area contributed by atoms with Crippen LogP contribution >= 0.6 is 19.2 Å². The molecule has 4 rings (SSSR count). The second kappa shape index (κ2) is 10.00. The van der Waals surface area contributed by atoms with Crippen LogP contribution in [0.4, 0.5) is 5.82 Å². The van der Waals surface area contributed by atoms with E-state index in [1.165, 1.54) is 10.9 Å². The summed E-state index contributed by atoms with van der Waals surface area (Å²) in [6.45, 7) is 0.0946. The Hall–Kier alpha value is -2.15. The summed E-state index contributed by atoms with van der Waals surface area (Å²) >= 11 is 6.12. The minimum atomic E-state index is -4.19. The van der Waals surface area contributed by atoms with E-state index in [0.29, 0.717) is 23.5 Å². The molecule has 1 aromatic carbocycles. The van der Waals surface area contributed by atoms with Crippen LogP contribution in [0.25, 0.3) is 11.2 Å². The van der Waals surface area contributed by atoms with Crippen molar-refractivity contribution in [3.05, 3.63) is 47.5 Å². The third kappa shape index (κ3) is 5.68. The molecule has 0 bridgehead atoms. The van der Waals surface area contributed by atoms with Gasteiger partial charge < -0.3 is 34.8 Å². The molecule has 1 fully saturated rings. The first-order valence-electron chi connectivity index (χ1n) is 10.0. The molecule has 2 aromatic heterocycles. The monoisotopic (exact) mass is 499 g/mol. The predicted octanol–water partition coefficient (Wildman–Crippen LogP) is 0.905. The largest absolute Gasteiger partial charge is 0.387 e. The van der Waals surface area contributed by atoms with E-state index in [0.717, 1.165) is 5.56 Å². The van der Waals surface area contributed by atoms with Gasteiger partial charge in [-0.3, -0.25) is 9.13 Å². The zero-order valence-corrected chi connectivity index (χ0v) is 18.9. The summed E-state index contributed by atoms with van der Waals surface area (Å²) in [7, 11) is -4.19. The molecule has 4 atom stereocenters. The van der Waals surface area contributed by atoms with Crippen LogP contribution < -0.4 is 5.32 Å². The van der Waals surface area contributed by atoms with Gasteiger partial charge >= 0.3 is 7.60 Å². The van der Waals surface area contributed by atoms with E-state index in [9.17, 15) is 14.8 Å². The summed E-state index contributed by atoms with van der Waals surface area (Å²) in [5.41, 5.74) is 1.73. The van der Waals surface area contributed by atoms with E-state index in [1.807, 2.05) is 30.3 Å². The lowest BCUT2D eigenvalue weighted by atomic mass is 10.1. The maximum absolute atomic E-state index is 10.9. The number of aliphatic hydroxyl groups excluding tert-OH is 2. The van der Waals surface area contributed by atoms with Crippen molar-refractivity contribution < 1.29 is 34.0 Å². The number of imidazole rings is 1. The quantitative estimate of drug-likeness (QED) is 0.161. The third-order valence-electron chi connectivity index (χ3n) is 5.12. The van der Waals surface area contributed by atoms with E-state index < -0.39 is 38.3 Å². The summed E-state index contributed by atoms with van der Waals surface area (Å²) in [5, 5.41) is 24.0. The summed E-state index contributed by atoms with van der Waals surface area (Å²) in [6, 6.07) is 9.67. The molecule has 12 nitrogen and oxygen atoms in total. The highest BCUT2D eigenvalue weighted by atomic mass is 35.5. The number of ether oxygens (including phenoxy) is 2. The molecule has 1 aliphatic rings. The zero-order chi connectivity index (χ0) is 23.6. The van der Waals surface area contributed by atoms with Crippen LogP contribution in [0.15, 0.2) is 36.7 Å². The maximum Gasteiger partial charge on any atom is 0.327 e. The fourth-order valence-corrected chi connectivity index (χ4v) is 3.99. The number of aromatic nitrogens is 4. The van der Waals surface area contributed by atoms with E-state index in [-0.39, 0.29) is 18.5 Å². The Morgan fingerprint density at radius 2 is 1.94 bits per heavy atom. The lowest BCUT2D eigenvalue weighted by Crippen LogP contribution is -2.34. The highest BCUT2D eigenvalue weighted by Crippen LogP contribution is 2.35. The van der Waals surface area contributed by atoms with Gasteiger partial charge in [0.1, 0.15) is 18.3 Å². The van der Waals surface area contributed by atoms with Gasteiger partial charge in [-0.15, -0.1) is 0 Å². The first-order chi connectivity index (χ1) is 15.7. The van der Waals surface area contributed by atoms with Gasteiger partial charge in [0.05, 0.1) is 25.7 Å². The Morgan fingerprint density at radius 1 is 1.18 bits per heavy atom. The fraction of sp³-hybridized carbons (Fsp3) is 0.421. The van der Waals surface area contributed by atoms with Crippen molar-refractivity contribution in [2.75, 3.05) is 24.7 Å². The summed E-state index contributed by atoms with van der Waals surface area (Å²) < 4.78 is 23.3. The standard InChI is InChI=1S/C19H23ClN5O7P/c20-19-23-16(21-8-11-4-2-1-3-5-11)13-17(24-19)25(10-22-13)18-15(27)14(26)12(32-18)9-31-6-7-33(28,29)30/h1-5,10,12,14-15,18,26-27H,6-9H2,(H,21,23,24)(H2,28,29,30)/t12-,14-,15-,18-/m1/s1. The van der Waals surface area contributed by atoms with E-state index in [1.54, 1.807) is 0 Å². The normalized spacial score (nSPS) is 23.3. The lowest BCUT2D eigenvalue weighted by Gasteiger charge is -2.17. The molecule has 3 aromatic rings. The second-order valence-corrected chi connectivity index (χ2v) is 9.63. The van der Waals surface area contributed by atoms with Crippen molar-refractivity contribution in [1.82, 2.24) is 19.5 Å². The van der Waals surface area contributed by atoms with Crippen LogP contribution in [-0.4, -0.2) is 77.2 Å². The minimum absolute atomic E-state index is 0.0369. The van der Waals surface area contributed by atoms with Gasteiger partial charge in [0.2, 0.25) is 5.28 Å². The average molecular weight is 500 g/mol. The molecule has 0 saturated carbocycles. The van der Waals surface area contributed by atoms with Crippen LogP contribution in [0.1, 0.15) is 11.8 Å². The highest BCUT2D eigenvalue weighted by molar-refractivity contribution is 7.51. The molecule has 0 aliphatic carbocycles. The molecule has 0 amide bonds. The molecule has 0 radical (unpaired) electrons. The summed E-state index contributed by atoms with van der Waals surface area (Å²) in [4.78, 5) is 30.5. The molecule has 5 N–H and O–H groups in total. The van der Waals surface area contributed by atoms with Crippen LogP contribution in [-0.2, 0) is 20.6 Å². The second-order valence-electron chi connectivity index (χ2n) is 7.51. The van der Waals surface area contributed by atoms with E-state index >= 15 is 0 Å². The Labute approximate surface area is 193 Å². The molecule has 0 spiro atoms. The lowest BCUT2D eigenvalue weighted by molar-refractivity contribution is -0.0638. The maximum atomic E-state index is 10.9. The molecule has 1 aliphatic heterocycles. The summed E-state index contributed by atoms with van der Waals surface area (Å²) in [6.07, 6.45) is -3.63. The molecular formula is C19H23ClN5O7P. The molecule has 1 saturated heterocycles. The molecular weight excluding hydrogens is 477 g/mol. The van der Waals surface area contributed by atoms with Crippen molar-refractivity contribution in [1.29, 1.82) is 0 Å². The molecule has 33 heavy (non-hydrogen) atoms. The number of benzene rings is 1. The number of fused-ring (bicyclic) bond motifs is 1. The Kier molecular flexibility index (Phi) is 7.27. The van der Waals surface area contributed by atoms with Gasteiger partial charge in [-0.2, -0.15) is 9.97 Å². The van der Waals surface area contributed by atoms with Gasteiger partial charge in [0.25, 0.3) is 0 Å². The van der Waals surface area contributed by atoms with Crippen molar-refractivity contribution in [3.8, 4) is 0 Å². The Balaban J connectivity index is 1.49. The summed E-state index contributed by atoms with van der Waals surface area (Å²) in [5.74, 6) is 0.401. The number of hydrogen-bond acceptors (Lipinski definition) is 9. The van der Waals surface area contributed by atoms with E-state index in [4.69, 9.17) is 30.9 Å². The van der Waals surface area contributed by atoms with Crippen LogP contribution in [0, 0.1) is 0 Å². The number of nitrogens with one attached hydrogen (secondary N) is 1. The minimum Gasteiger partial charge on any atom is -0.387 e. The van der Waals surface area contributed by atoms with Crippen LogP contribution in [0.5, 0.6) is 0 Å². The predicted molar refractivity (Wildman–Crippen MR) is 118 cm³/mol. The average Bonchev–Trinajstić information content (AvgIpc) is 3.31. The Morgan fingerprint density at radius 3 is 2.67 bits per heavy atom. The van der Waals surface area contributed by atoms with Gasteiger partial charge in [-0.1, -0.05) is 30.3 Å². The van der Waals surface area contributed by atoms with Crippen molar-refractivity contribution in [3.63, 3.8) is 0 Å². The number of hydrogen-bond donors (Lipinski definition) is 5. The first kappa shape index (κ1) is 24.0. The van der Waals surface area contributed by atoms with Gasteiger partial charge in [0, 0.05) is 6.54 Å². The van der Waals surface area contributed by atoms with Gasteiger partial charge in [-0.25, -0.2) is 4.98 Å². The molecule has 178 valence electrons. The van der Waals surface area contributed by atoms with Crippen LogP contribution in [0.3, 0.4) is 0 Å². The first-order valence-corrected chi connectivity index (χ1v) is 12.2. The van der Waals surface area contributed by atoms with Crippen molar-refractivity contribution in [2.45, 2.75) is 31.1 Å². The third-order valence-corrected chi connectivity index (χ3v) is 6.05. The Bertz CT molecular complexity index is 1140. The number of halogens is 1. The smallest absolute Gasteiger partial charge is 0.327 e. The molecule has 14 heteroatoms. The number of aliphatic hydroxyl groups is 2. The van der Waals surface area contributed by atoms with E-state index in [2.05, 4.69) is 20.3 Å². The molecule has 0 unspecified atom stereocenters. The van der Waals surface area contributed by atoms with Gasteiger partial charge in [-0.05, 0) is 17.2 Å².